The molecule has 0 radical (unpaired) electrons. The maximum atomic E-state index is 12.1. The number of hydrogen-bond acceptors (Lipinski definition) is 3. The van der Waals surface area contributed by atoms with Gasteiger partial charge in [0.15, 0.2) is 0 Å². The van der Waals surface area contributed by atoms with E-state index in [4.69, 9.17) is 0 Å². The van der Waals surface area contributed by atoms with Gasteiger partial charge in [-0.25, -0.2) is 13.4 Å². The molecule has 0 aromatic carbocycles. The molecule has 0 aliphatic carbocycles. The van der Waals surface area contributed by atoms with Crippen LogP contribution in [0.4, 0.5) is 0 Å². The van der Waals surface area contributed by atoms with E-state index in [1.165, 1.54) is 11.4 Å². The molecule has 0 spiro atoms. The molecule has 92 valence electrons. The second-order valence-corrected chi connectivity index (χ2v) is 5.85. The van der Waals surface area contributed by atoms with Crippen molar-refractivity contribution < 1.29 is 8.42 Å². The molecule has 7 heteroatoms. The molecule has 6 nitrogen and oxygen atoms in total. The van der Waals surface area contributed by atoms with Crippen LogP contribution in [0.15, 0.2) is 35.7 Å². The lowest BCUT2D eigenvalue weighted by Gasteiger charge is -2.14. The number of rotatable bonds is 4. The quantitative estimate of drug-likeness (QED) is 0.867. The number of sulfonamides is 1. The molecule has 17 heavy (non-hydrogen) atoms. The Morgan fingerprint density at radius 2 is 2.29 bits per heavy atom. The summed E-state index contributed by atoms with van der Waals surface area (Å²) in [4.78, 5) is 7.16. The highest BCUT2D eigenvalue weighted by Gasteiger charge is 2.22. The fraction of sp³-hybridized carbons (Fsp3) is 0.300. The minimum Gasteiger partial charge on any atom is -0.356 e. The summed E-state index contributed by atoms with van der Waals surface area (Å²) in [6.07, 6.45) is 6.54. The van der Waals surface area contributed by atoms with Crippen LogP contribution in [0.2, 0.25) is 0 Å². The van der Waals surface area contributed by atoms with E-state index in [2.05, 4.69) is 9.97 Å². The van der Waals surface area contributed by atoms with Gasteiger partial charge in [-0.1, -0.05) is 0 Å². The minimum absolute atomic E-state index is 0.226. The van der Waals surface area contributed by atoms with Gasteiger partial charge >= 0.3 is 0 Å². The number of aryl methyl sites for hydroxylation is 1. The first kappa shape index (κ1) is 11.9. The summed E-state index contributed by atoms with van der Waals surface area (Å²) in [5, 5.41) is 0. The summed E-state index contributed by atoms with van der Waals surface area (Å²) in [5.41, 5.74) is 0. The Labute approximate surface area is 100.0 Å². The molecular formula is C10H14N4O2S. The smallest absolute Gasteiger partial charge is 0.244 e. The fourth-order valence-corrected chi connectivity index (χ4v) is 2.68. The van der Waals surface area contributed by atoms with Gasteiger partial charge in [0.05, 0.1) is 11.4 Å². The van der Waals surface area contributed by atoms with E-state index in [0.29, 0.717) is 5.82 Å². The van der Waals surface area contributed by atoms with Crippen LogP contribution >= 0.6 is 0 Å². The Morgan fingerprint density at radius 3 is 2.82 bits per heavy atom. The van der Waals surface area contributed by atoms with E-state index < -0.39 is 10.0 Å². The molecule has 0 fully saturated rings. The second kappa shape index (κ2) is 4.34. The van der Waals surface area contributed by atoms with E-state index >= 15 is 0 Å². The van der Waals surface area contributed by atoms with E-state index in [0.717, 1.165) is 0 Å². The number of imidazole rings is 1. The second-order valence-electron chi connectivity index (χ2n) is 3.81. The van der Waals surface area contributed by atoms with Crippen LogP contribution in [-0.4, -0.2) is 34.3 Å². The Bertz CT molecular complexity index is 586. The average molecular weight is 254 g/mol. The normalized spacial score (nSPS) is 12.2. The average Bonchev–Trinajstić information content (AvgIpc) is 2.89. The standard InChI is InChI=1S/C10H14N4O2S/c1-13-6-3-9(7-13)17(15,16)14(2)8-10-11-4-5-12-10/h3-7H,8H2,1-2H3,(H,11,12). The van der Waals surface area contributed by atoms with Crippen molar-refractivity contribution in [2.24, 2.45) is 7.05 Å². The number of nitrogens with zero attached hydrogens (tertiary/aromatic N) is 3. The van der Waals surface area contributed by atoms with Gasteiger partial charge in [0.25, 0.3) is 0 Å². The molecule has 2 rings (SSSR count). The van der Waals surface area contributed by atoms with Gasteiger partial charge in [-0.05, 0) is 6.07 Å². The lowest BCUT2D eigenvalue weighted by Crippen LogP contribution is -2.26. The van der Waals surface area contributed by atoms with E-state index in [9.17, 15) is 8.42 Å². The molecule has 0 aliphatic rings. The molecular weight excluding hydrogens is 240 g/mol. The lowest BCUT2D eigenvalue weighted by atomic mass is 10.6. The van der Waals surface area contributed by atoms with Crippen LogP contribution in [0.5, 0.6) is 0 Å². The van der Waals surface area contributed by atoms with Crippen molar-refractivity contribution in [1.29, 1.82) is 0 Å². The predicted molar refractivity (Wildman–Crippen MR) is 62.7 cm³/mol. The van der Waals surface area contributed by atoms with Crippen molar-refractivity contribution in [3.05, 3.63) is 36.7 Å². The van der Waals surface area contributed by atoms with Gasteiger partial charge in [0, 0.05) is 38.9 Å². The first-order chi connectivity index (χ1) is 8.00. The van der Waals surface area contributed by atoms with Crippen LogP contribution in [0, 0.1) is 0 Å². The zero-order valence-corrected chi connectivity index (χ0v) is 10.5. The third-order valence-electron chi connectivity index (χ3n) is 2.44. The SMILES string of the molecule is CN(Cc1ncc[nH]1)S(=O)(=O)c1ccn(C)c1. The summed E-state index contributed by atoms with van der Waals surface area (Å²) in [6, 6.07) is 1.58. The maximum absolute atomic E-state index is 12.1. The number of nitrogens with one attached hydrogen (secondary N) is 1. The Morgan fingerprint density at radius 1 is 1.53 bits per heavy atom. The molecule has 0 bridgehead atoms. The molecule has 2 aromatic heterocycles. The number of hydrogen-bond donors (Lipinski definition) is 1. The monoisotopic (exact) mass is 254 g/mol. The van der Waals surface area contributed by atoms with Crippen molar-refractivity contribution in [1.82, 2.24) is 18.8 Å². The largest absolute Gasteiger partial charge is 0.356 e. The van der Waals surface area contributed by atoms with Crippen LogP contribution in [0.3, 0.4) is 0 Å². The predicted octanol–water partition coefficient (Wildman–Crippen LogP) is 0.569. The van der Waals surface area contributed by atoms with Gasteiger partial charge < -0.3 is 9.55 Å². The highest BCUT2D eigenvalue weighted by molar-refractivity contribution is 7.89. The van der Waals surface area contributed by atoms with Crippen molar-refractivity contribution in [2.45, 2.75) is 11.4 Å². The number of aromatic nitrogens is 3. The minimum atomic E-state index is -3.44. The highest BCUT2D eigenvalue weighted by atomic mass is 32.2. The maximum Gasteiger partial charge on any atom is 0.244 e. The Balaban J connectivity index is 2.21. The fourth-order valence-electron chi connectivity index (χ4n) is 1.49. The Kier molecular flexibility index (Phi) is 3.03. The highest BCUT2D eigenvalue weighted by Crippen LogP contribution is 2.15. The molecule has 0 saturated heterocycles. The first-order valence-corrected chi connectivity index (χ1v) is 6.51. The first-order valence-electron chi connectivity index (χ1n) is 5.07. The van der Waals surface area contributed by atoms with Crippen LogP contribution in [0.1, 0.15) is 5.82 Å². The molecule has 2 aromatic rings. The van der Waals surface area contributed by atoms with Crippen LogP contribution < -0.4 is 0 Å². The zero-order valence-electron chi connectivity index (χ0n) is 9.66. The van der Waals surface area contributed by atoms with Gasteiger partial charge in [-0.3, -0.25) is 0 Å². The van der Waals surface area contributed by atoms with Gasteiger partial charge in [-0.15, -0.1) is 0 Å². The summed E-state index contributed by atoms with van der Waals surface area (Å²) >= 11 is 0. The molecule has 0 amide bonds. The molecule has 1 N–H and O–H groups in total. The van der Waals surface area contributed by atoms with Crippen molar-refractivity contribution >= 4 is 10.0 Å². The Hall–Kier alpha value is -1.60. The van der Waals surface area contributed by atoms with Crippen molar-refractivity contribution in [3.63, 3.8) is 0 Å². The van der Waals surface area contributed by atoms with Gasteiger partial charge in [0.2, 0.25) is 10.0 Å². The molecule has 0 atom stereocenters. The number of H-pyrrole nitrogens is 1. The summed E-state index contributed by atoms with van der Waals surface area (Å²) < 4.78 is 27.3. The molecule has 0 saturated carbocycles. The van der Waals surface area contributed by atoms with Gasteiger partial charge in [0.1, 0.15) is 5.82 Å². The molecule has 0 aliphatic heterocycles. The third kappa shape index (κ3) is 2.40. The van der Waals surface area contributed by atoms with Crippen LogP contribution in [0.25, 0.3) is 0 Å². The summed E-state index contributed by atoms with van der Waals surface area (Å²) in [5.74, 6) is 0.618. The number of aromatic amines is 1. The third-order valence-corrected chi connectivity index (χ3v) is 4.23. The van der Waals surface area contributed by atoms with E-state index in [-0.39, 0.29) is 11.4 Å². The van der Waals surface area contributed by atoms with Crippen LogP contribution in [-0.2, 0) is 23.6 Å². The van der Waals surface area contributed by atoms with E-state index in [1.807, 2.05) is 0 Å². The summed E-state index contributed by atoms with van der Waals surface area (Å²) in [7, 11) is -0.126. The molecule has 2 heterocycles. The van der Waals surface area contributed by atoms with Gasteiger partial charge in [-0.2, -0.15) is 4.31 Å². The zero-order chi connectivity index (χ0) is 12.5. The lowest BCUT2D eigenvalue weighted by molar-refractivity contribution is 0.458. The topological polar surface area (TPSA) is 71.0 Å². The van der Waals surface area contributed by atoms with Crippen molar-refractivity contribution in [3.8, 4) is 0 Å². The van der Waals surface area contributed by atoms with Crippen molar-refractivity contribution in [2.75, 3.05) is 7.05 Å². The molecule has 0 unspecified atom stereocenters. The van der Waals surface area contributed by atoms with E-state index in [1.54, 1.807) is 42.5 Å². The summed E-state index contributed by atoms with van der Waals surface area (Å²) in [6.45, 7) is 0.226.